The van der Waals surface area contributed by atoms with Crippen LogP contribution >= 0.6 is 0 Å². The third-order valence-electron chi connectivity index (χ3n) is 5.40. The fourth-order valence-electron chi connectivity index (χ4n) is 3.80. The molecule has 2 N–H and O–H groups in total. The third kappa shape index (κ3) is 3.15. The van der Waals surface area contributed by atoms with Gasteiger partial charge >= 0.3 is 12.0 Å². The minimum Gasteiger partial charge on any atom is -0.481 e. The molecule has 2 aliphatic heterocycles. The lowest BCUT2D eigenvalue weighted by atomic mass is 9.94. The van der Waals surface area contributed by atoms with Crippen LogP contribution in [0, 0.1) is 17.3 Å². The molecule has 0 aromatic heterocycles. The van der Waals surface area contributed by atoms with Crippen molar-refractivity contribution in [1.82, 2.24) is 10.2 Å². The number of carboxylic acid groups (broad SMARTS) is 1. The lowest BCUT2D eigenvalue weighted by molar-refractivity contribution is -0.143. The molecular formula is C15H24N2O4. The van der Waals surface area contributed by atoms with Gasteiger partial charge in [0.15, 0.2) is 0 Å². The summed E-state index contributed by atoms with van der Waals surface area (Å²) in [5.74, 6) is -0.631. The summed E-state index contributed by atoms with van der Waals surface area (Å²) >= 11 is 0. The monoisotopic (exact) mass is 296 g/mol. The summed E-state index contributed by atoms with van der Waals surface area (Å²) in [7, 11) is 0. The first kappa shape index (κ1) is 14.6. The molecule has 0 radical (unpaired) electrons. The summed E-state index contributed by atoms with van der Waals surface area (Å²) in [5.41, 5.74) is 0.414. The highest BCUT2D eigenvalue weighted by atomic mass is 16.5. The number of nitrogens with zero attached hydrogens (tertiary/aromatic N) is 1. The van der Waals surface area contributed by atoms with Gasteiger partial charge in [0, 0.05) is 32.8 Å². The second-order valence-corrected chi connectivity index (χ2v) is 6.69. The molecule has 1 spiro atoms. The van der Waals surface area contributed by atoms with E-state index in [9.17, 15) is 9.59 Å². The number of hydrogen-bond donors (Lipinski definition) is 2. The van der Waals surface area contributed by atoms with Gasteiger partial charge in [-0.1, -0.05) is 0 Å². The van der Waals surface area contributed by atoms with Crippen LogP contribution in [0.3, 0.4) is 0 Å². The zero-order valence-electron chi connectivity index (χ0n) is 12.3. The first-order valence-electron chi connectivity index (χ1n) is 7.94. The predicted molar refractivity (Wildman–Crippen MR) is 75.9 cm³/mol. The van der Waals surface area contributed by atoms with Crippen molar-refractivity contribution in [3.63, 3.8) is 0 Å². The van der Waals surface area contributed by atoms with Crippen LogP contribution < -0.4 is 5.32 Å². The molecule has 3 fully saturated rings. The number of urea groups is 1. The molecule has 118 valence electrons. The van der Waals surface area contributed by atoms with E-state index in [0.717, 1.165) is 32.5 Å². The second kappa shape index (κ2) is 5.83. The van der Waals surface area contributed by atoms with Crippen molar-refractivity contribution in [3.05, 3.63) is 0 Å². The minimum absolute atomic E-state index is 0.102. The van der Waals surface area contributed by atoms with E-state index < -0.39 is 11.9 Å². The van der Waals surface area contributed by atoms with Crippen molar-refractivity contribution >= 4 is 12.0 Å². The molecule has 0 aromatic rings. The highest BCUT2D eigenvalue weighted by molar-refractivity contribution is 5.76. The van der Waals surface area contributed by atoms with Crippen LogP contribution in [0.2, 0.25) is 0 Å². The number of carboxylic acids is 1. The van der Waals surface area contributed by atoms with Crippen LogP contribution in [0.1, 0.15) is 32.1 Å². The number of nitrogens with one attached hydrogen (secondary N) is 1. The molecular weight excluding hydrogens is 272 g/mol. The number of carbonyl (C=O) groups is 2. The number of rotatable bonds is 3. The van der Waals surface area contributed by atoms with Crippen molar-refractivity contribution in [3.8, 4) is 0 Å². The molecule has 21 heavy (non-hydrogen) atoms. The van der Waals surface area contributed by atoms with E-state index in [4.69, 9.17) is 9.84 Å². The van der Waals surface area contributed by atoms with Gasteiger partial charge in [0.2, 0.25) is 0 Å². The highest BCUT2D eigenvalue weighted by Crippen LogP contribution is 2.58. The molecule has 2 heterocycles. The number of hydrogen-bond acceptors (Lipinski definition) is 3. The van der Waals surface area contributed by atoms with Gasteiger partial charge in [-0.3, -0.25) is 4.79 Å². The fourth-order valence-corrected chi connectivity index (χ4v) is 3.80. The predicted octanol–water partition coefficient (Wildman–Crippen LogP) is 1.31. The molecule has 0 aromatic carbocycles. The van der Waals surface area contributed by atoms with E-state index in [1.54, 1.807) is 4.90 Å². The van der Waals surface area contributed by atoms with Crippen molar-refractivity contribution in [2.45, 2.75) is 32.1 Å². The molecule has 1 aliphatic carbocycles. The average Bonchev–Trinajstić information content (AvgIpc) is 3.17. The normalized spacial score (nSPS) is 31.0. The van der Waals surface area contributed by atoms with Crippen molar-refractivity contribution in [2.24, 2.45) is 17.3 Å². The van der Waals surface area contributed by atoms with Gasteiger partial charge in [-0.2, -0.15) is 0 Å². The summed E-state index contributed by atoms with van der Waals surface area (Å²) in [6.07, 6.45) is 4.85. The smallest absolute Gasteiger partial charge is 0.317 e. The standard InChI is InChI=1S/C15H24N2O4/c18-13(19)11-2-1-5-17(10-11)14(20)16-9-12-8-15(12)3-6-21-7-4-15/h11-12H,1-10H2,(H,16,20)(H,18,19). The third-order valence-corrected chi connectivity index (χ3v) is 5.40. The lowest BCUT2D eigenvalue weighted by Crippen LogP contribution is -2.47. The number of amides is 2. The summed E-state index contributed by atoms with van der Waals surface area (Å²) in [6.45, 7) is 3.41. The molecule has 2 amide bonds. The topological polar surface area (TPSA) is 78.9 Å². The Kier molecular flexibility index (Phi) is 4.06. The lowest BCUT2D eigenvalue weighted by Gasteiger charge is -2.31. The largest absolute Gasteiger partial charge is 0.481 e. The molecule has 6 nitrogen and oxygen atoms in total. The van der Waals surface area contributed by atoms with Crippen molar-refractivity contribution in [2.75, 3.05) is 32.8 Å². The van der Waals surface area contributed by atoms with Gasteiger partial charge in [-0.05, 0) is 43.4 Å². The molecule has 0 bridgehead atoms. The van der Waals surface area contributed by atoms with Crippen LogP contribution in [0.4, 0.5) is 4.79 Å². The summed E-state index contributed by atoms with van der Waals surface area (Å²) in [4.78, 5) is 24.9. The summed E-state index contributed by atoms with van der Waals surface area (Å²) in [5, 5.41) is 12.1. The fraction of sp³-hybridized carbons (Fsp3) is 0.867. The van der Waals surface area contributed by atoms with Gasteiger partial charge in [-0.15, -0.1) is 0 Å². The molecule has 3 rings (SSSR count). The Labute approximate surface area is 124 Å². The van der Waals surface area contributed by atoms with E-state index in [2.05, 4.69) is 5.32 Å². The zero-order chi connectivity index (χ0) is 14.9. The van der Waals surface area contributed by atoms with Crippen LogP contribution in [-0.2, 0) is 9.53 Å². The Morgan fingerprint density at radius 1 is 1.33 bits per heavy atom. The van der Waals surface area contributed by atoms with Crippen LogP contribution in [0.5, 0.6) is 0 Å². The summed E-state index contributed by atoms with van der Waals surface area (Å²) in [6, 6.07) is -0.102. The summed E-state index contributed by atoms with van der Waals surface area (Å²) < 4.78 is 5.40. The van der Waals surface area contributed by atoms with Crippen LogP contribution in [0.15, 0.2) is 0 Å². The second-order valence-electron chi connectivity index (χ2n) is 6.69. The maximum absolute atomic E-state index is 12.2. The first-order valence-corrected chi connectivity index (χ1v) is 7.94. The quantitative estimate of drug-likeness (QED) is 0.823. The zero-order valence-corrected chi connectivity index (χ0v) is 12.3. The highest BCUT2D eigenvalue weighted by Gasteiger charge is 2.53. The van der Waals surface area contributed by atoms with E-state index in [-0.39, 0.29) is 6.03 Å². The molecule has 2 atom stereocenters. The van der Waals surface area contributed by atoms with E-state index in [1.165, 1.54) is 6.42 Å². The van der Waals surface area contributed by atoms with Crippen LogP contribution in [-0.4, -0.2) is 54.9 Å². The minimum atomic E-state index is -0.796. The molecule has 1 saturated carbocycles. The Morgan fingerprint density at radius 3 is 2.81 bits per heavy atom. The molecule has 3 aliphatic rings. The van der Waals surface area contributed by atoms with Gasteiger partial charge in [0.1, 0.15) is 0 Å². The average molecular weight is 296 g/mol. The van der Waals surface area contributed by atoms with E-state index in [1.807, 2.05) is 0 Å². The van der Waals surface area contributed by atoms with E-state index in [0.29, 0.717) is 37.4 Å². The van der Waals surface area contributed by atoms with Crippen molar-refractivity contribution in [1.29, 1.82) is 0 Å². The number of piperidine rings is 1. The first-order chi connectivity index (χ1) is 10.1. The molecule has 6 heteroatoms. The SMILES string of the molecule is O=C(O)C1CCCN(C(=O)NCC2CC23CCOCC3)C1. The molecule has 2 unspecified atom stereocenters. The van der Waals surface area contributed by atoms with Crippen molar-refractivity contribution < 1.29 is 19.4 Å². The Hall–Kier alpha value is -1.30. The van der Waals surface area contributed by atoms with E-state index >= 15 is 0 Å². The van der Waals surface area contributed by atoms with Gasteiger partial charge in [0.05, 0.1) is 5.92 Å². The number of likely N-dealkylation sites (tertiary alicyclic amines) is 1. The Balaban J connectivity index is 1.43. The molecule has 2 saturated heterocycles. The number of aliphatic carboxylic acids is 1. The maximum Gasteiger partial charge on any atom is 0.317 e. The van der Waals surface area contributed by atoms with Gasteiger partial charge in [-0.25, -0.2) is 4.79 Å². The Bertz CT molecular complexity index is 420. The Morgan fingerprint density at radius 2 is 2.10 bits per heavy atom. The van der Waals surface area contributed by atoms with Crippen LogP contribution in [0.25, 0.3) is 0 Å². The number of ether oxygens (including phenoxy) is 1. The van der Waals surface area contributed by atoms with Gasteiger partial charge in [0.25, 0.3) is 0 Å². The van der Waals surface area contributed by atoms with Gasteiger partial charge < -0.3 is 20.1 Å². The number of carbonyl (C=O) groups excluding carboxylic acids is 1. The maximum atomic E-state index is 12.2.